The predicted octanol–water partition coefficient (Wildman–Crippen LogP) is 4.01. The molecular formula is C26H31F2N7O3. The standard InChI is InChI=1S/C26H31F2N7O3/c27-23(28)24-30-19-3-1-2-4-20(19)35(24)22-15-21(33-9-12-37-13-10-33)31-25(32-22)29-16-17-5-7-18(8-6-17)34-11-14-38-26(34)36/h1-4,15,17-18,23H,5-14,16H2,(H,29,31,32)/t17-,18-. The molecule has 12 heteroatoms. The fraction of sp³-hybridized carbons (Fsp3) is 0.538. The topological polar surface area (TPSA) is 97.6 Å². The van der Waals surface area contributed by atoms with Gasteiger partial charge < -0.3 is 24.6 Å². The zero-order chi connectivity index (χ0) is 26.1. The molecule has 0 bridgehead atoms. The van der Waals surface area contributed by atoms with Gasteiger partial charge in [-0.1, -0.05) is 12.1 Å². The molecule has 38 heavy (non-hydrogen) atoms. The number of ether oxygens (including phenoxy) is 2. The van der Waals surface area contributed by atoms with Crippen LogP contribution in [0.5, 0.6) is 0 Å². The Bertz CT molecular complexity index is 1290. The van der Waals surface area contributed by atoms with Crippen LogP contribution in [0.4, 0.5) is 25.3 Å². The van der Waals surface area contributed by atoms with Gasteiger partial charge in [0.25, 0.3) is 6.43 Å². The van der Waals surface area contributed by atoms with Crippen LogP contribution in [0.1, 0.15) is 37.9 Å². The van der Waals surface area contributed by atoms with E-state index in [1.165, 1.54) is 4.57 Å². The van der Waals surface area contributed by atoms with Gasteiger partial charge in [-0.05, 0) is 43.7 Å². The van der Waals surface area contributed by atoms with E-state index >= 15 is 0 Å². The molecule has 3 fully saturated rings. The van der Waals surface area contributed by atoms with Crippen LogP contribution in [-0.2, 0) is 9.47 Å². The van der Waals surface area contributed by atoms with Crippen LogP contribution in [0.3, 0.4) is 0 Å². The molecule has 3 aliphatic rings. The summed E-state index contributed by atoms with van der Waals surface area (Å²) in [5.74, 6) is 1.46. The number of carbonyl (C=O) groups is 1. The minimum absolute atomic E-state index is 0.206. The van der Waals surface area contributed by atoms with Gasteiger partial charge in [0.1, 0.15) is 18.2 Å². The van der Waals surface area contributed by atoms with Gasteiger partial charge >= 0.3 is 6.09 Å². The van der Waals surface area contributed by atoms with Gasteiger partial charge in [-0.2, -0.15) is 9.97 Å². The number of cyclic esters (lactones) is 1. The molecule has 202 valence electrons. The van der Waals surface area contributed by atoms with Crippen LogP contribution >= 0.6 is 0 Å². The molecule has 6 rings (SSSR count). The third kappa shape index (κ3) is 4.96. The highest BCUT2D eigenvalue weighted by Crippen LogP contribution is 2.31. The molecule has 1 saturated carbocycles. The molecule has 0 unspecified atom stereocenters. The molecule has 1 amide bonds. The number of nitrogens with zero attached hydrogens (tertiary/aromatic N) is 6. The van der Waals surface area contributed by atoms with Crippen molar-refractivity contribution < 1.29 is 23.0 Å². The number of fused-ring (bicyclic) bond motifs is 1. The van der Waals surface area contributed by atoms with Crippen molar-refractivity contribution in [1.29, 1.82) is 0 Å². The second-order valence-electron chi connectivity index (χ2n) is 9.97. The number of nitrogens with one attached hydrogen (secondary N) is 1. The monoisotopic (exact) mass is 527 g/mol. The maximum atomic E-state index is 14.1. The maximum absolute atomic E-state index is 14.1. The average Bonchev–Trinajstić information content (AvgIpc) is 3.56. The van der Waals surface area contributed by atoms with E-state index in [4.69, 9.17) is 14.5 Å². The Labute approximate surface area is 218 Å². The summed E-state index contributed by atoms with van der Waals surface area (Å²) in [6, 6.07) is 9.05. The van der Waals surface area contributed by atoms with Crippen LogP contribution in [0.15, 0.2) is 30.3 Å². The lowest BCUT2D eigenvalue weighted by atomic mass is 9.85. The first-order valence-electron chi connectivity index (χ1n) is 13.2. The molecule has 2 aromatic heterocycles. The van der Waals surface area contributed by atoms with Crippen molar-refractivity contribution in [2.24, 2.45) is 5.92 Å². The van der Waals surface area contributed by atoms with E-state index < -0.39 is 6.43 Å². The summed E-state index contributed by atoms with van der Waals surface area (Å²) in [5, 5.41) is 3.38. The number of hydrogen-bond acceptors (Lipinski definition) is 8. The number of rotatable bonds is 7. The van der Waals surface area contributed by atoms with Crippen molar-refractivity contribution in [3.8, 4) is 5.82 Å². The molecule has 2 saturated heterocycles. The van der Waals surface area contributed by atoms with Gasteiger partial charge in [-0.3, -0.25) is 4.57 Å². The number of para-hydroxylation sites is 2. The first kappa shape index (κ1) is 24.8. The Hall–Kier alpha value is -3.54. The summed E-state index contributed by atoms with van der Waals surface area (Å²) in [6.07, 6.45) is 0.838. The fourth-order valence-electron chi connectivity index (χ4n) is 5.64. The minimum Gasteiger partial charge on any atom is -0.448 e. The second-order valence-corrected chi connectivity index (χ2v) is 9.97. The van der Waals surface area contributed by atoms with Gasteiger partial charge in [0.2, 0.25) is 5.95 Å². The number of morpholine rings is 1. The van der Waals surface area contributed by atoms with Crippen molar-refractivity contribution in [2.75, 3.05) is 56.2 Å². The average molecular weight is 528 g/mol. The van der Waals surface area contributed by atoms with Crippen LogP contribution in [0.2, 0.25) is 0 Å². The number of benzene rings is 1. The van der Waals surface area contributed by atoms with E-state index in [0.29, 0.717) is 80.5 Å². The largest absolute Gasteiger partial charge is 0.448 e. The Balaban J connectivity index is 1.25. The maximum Gasteiger partial charge on any atom is 0.410 e. The van der Waals surface area contributed by atoms with Crippen LogP contribution < -0.4 is 10.2 Å². The molecule has 10 nitrogen and oxygen atoms in total. The Morgan fingerprint density at radius 2 is 1.74 bits per heavy atom. The van der Waals surface area contributed by atoms with Gasteiger partial charge in [0.05, 0.1) is 30.8 Å². The summed E-state index contributed by atoms with van der Waals surface area (Å²) < 4.78 is 40.1. The molecule has 1 aliphatic carbocycles. The van der Waals surface area contributed by atoms with Crippen LogP contribution in [0.25, 0.3) is 16.9 Å². The molecule has 1 N–H and O–H groups in total. The summed E-state index contributed by atoms with van der Waals surface area (Å²) in [6.45, 7) is 4.27. The zero-order valence-electron chi connectivity index (χ0n) is 21.1. The molecule has 0 spiro atoms. The Morgan fingerprint density at radius 1 is 0.974 bits per heavy atom. The van der Waals surface area contributed by atoms with Crippen LogP contribution in [-0.4, -0.2) is 82.6 Å². The lowest BCUT2D eigenvalue weighted by molar-refractivity contribution is 0.122. The number of aromatic nitrogens is 4. The van der Waals surface area contributed by atoms with Crippen molar-refractivity contribution in [2.45, 2.75) is 38.2 Å². The molecule has 0 radical (unpaired) electrons. The number of anilines is 2. The van der Waals surface area contributed by atoms with E-state index in [1.54, 1.807) is 30.3 Å². The highest BCUT2D eigenvalue weighted by atomic mass is 19.3. The van der Waals surface area contributed by atoms with E-state index in [-0.39, 0.29) is 18.0 Å². The zero-order valence-corrected chi connectivity index (χ0v) is 21.1. The third-order valence-electron chi connectivity index (χ3n) is 7.64. The van der Waals surface area contributed by atoms with Crippen molar-refractivity contribution >= 4 is 28.9 Å². The highest BCUT2D eigenvalue weighted by Gasteiger charge is 2.33. The van der Waals surface area contributed by atoms with E-state index in [9.17, 15) is 13.6 Å². The van der Waals surface area contributed by atoms with Crippen molar-refractivity contribution in [3.63, 3.8) is 0 Å². The molecule has 1 aromatic carbocycles. The molecule has 4 heterocycles. The highest BCUT2D eigenvalue weighted by molar-refractivity contribution is 5.78. The Morgan fingerprint density at radius 3 is 2.47 bits per heavy atom. The number of halogens is 2. The van der Waals surface area contributed by atoms with Crippen LogP contribution in [0, 0.1) is 5.92 Å². The fourth-order valence-corrected chi connectivity index (χ4v) is 5.64. The SMILES string of the molecule is O=C1OCCN1[C@H]1CC[C@H](CNc2nc(N3CCOCC3)cc(-n3c(C(F)F)nc4ccccc43)n2)CC1. The molecule has 0 atom stereocenters. The number of hydrogen-bond donors (Lipinski definition) is 1. The van der Waals surface area contributed by atoms with Gasteiger partial charge in [-0.25, -0.2) is 18.6 Å². The molecule has 3 aromatic rings. The number of imidazole rings is 1. The lowest BCUT2D eigenvalue weighted by Crippen LogP contribution is -2.39. The van der Waals surface area contributed by atoms with Gasteiger partial charge in [0.15, 0.2) is 5.82 Å². The smallest absolute Gasteiger partial charge is 0.410 e. The molecule has 2 aliphatic heterocycles. The quantitative estimate of drug-likeness (QED) is 0.492. The predicted molar refractivity (Wildman–Crippen MR) is 137 cm³/mol. The normalized spacial score (nSPS) is 22.3. The van der Waals surface area contributed by atoms with E-state index in [0.717, 1.165) is 25.7 Å². The minimum atomic E-state index is -2.76. The first-order chi connectivity index (χ1) is 18.6. The number of carbonyl (C=O) groups excluding carboxylic acids is 1. The number of alkyl halides is 2. The van der Waals surface area contributed by atoms with E-state index in [2.05, 4.69) is 20.2 Å². The second kappa shape index (κ2) is 10.7. The third-order valence-corrected chi connectivity index (χ3v) is 7.64. The van der Waals surface area contributed by atoms with Gasteiger partial charge in [0, 0.05) is 31.7 Å². The molecular weight excluding hydrogens is 496 g/mol. The summed E-state index contributed by atoms with van der Waals surface area (Å²) in [5.41, 5.74) is 1.06. The van der Waals surface area contributed by atoms with Crippen molar-refractivity contribution in [1.82, 2.24) is 24.4 Å². The summed E-state index contributed by atoms with van der Waals surface area (Å²) >= 11 is 0. The Kier molecular flexibility index (Phi) is 6.96. The van der Waals surface area contributed by atoms with Crippen molar-refractivity contribution in [3.05, 3.63) is 36.2 Å². The summed E-state index contributed by atoms with van der Waals surface area (Å²) in [7, 11) is 0. The number of amides is 1. The lowest BCUT2D eigenvalue weighted by Gasteiger charge is -2.33. The van der Waals surface area contributed by atoms with E-state index in [1.807, 2.05) is 4.90 Å². The first-order valence-corrected chi connectivity index (χ1v) is 13.2. The summed E-state index contributed by atoms with van der Waals surface area (Å²) in [4.78, 5) is 29.5. The van der Waals surface area contributed by atoms with Gasteiger partial charge in [-0.15, -0.1) is 0 Å².